The lowest BCUT2D eigenvalue weighted by molar-refractivity contribution is -0.145. The van der Waals surface area contributed by atoms with E-state index in [2.05, 4.69) is 0 Å². The molecule has 106 valence electrons. The maximum atomic E-state index is 13.6. The fourth-order valence-electron chi connectivity index (χ4n) is 1.68. The van der Waals surface area contributed by atoms with E-state index < -0.39 is 11.6 Å². The molecule has 0 spiro atoms. The van der Waals surface area contributed by atoms with Crippen LogP contribution in [0.3, 0.4) is 0 Å². The molecule has 0 saturated carbocycles. The van der Waals surface area contributed by atoms with Gasteiger partial charge in [-0.2, -0.15) is 0 Å². The number of esters is 1. The minimum atomic E-state index is -0.490. The van der Waals surface area contributed by atoms with Crippen LogP contribution in [0.25, 0.3) is 0 Å². The van der Waals surface area contributed by atoms with E-state index in [1.165, 1.54) is 0 Å². The number of hydrogen-bond acceptors (Lipinski definition) is 3. The van der Waals surface area contributed by atoms with Crippen molar-refractivity contribution in [1.29, 1.82) is 0 Å². The molecule has 0 amide bonds. The van der Waals surface area contributed by atoms with E-state index in [1.54, 1.807) is 11.8 Å². The van der Waals surface area contributed by atoms with Gasteiger partial charge >= 0.3 is 5.97 Å². The van der Waals surface area contributed by atoms with Crippen LogP contribution in [0.4, 0.5) is 8.78 Å². The summed E-state index contributed by atoms with van der Waals surface area (Å²) in [4.78, 5) is 13.2. The predicted molar refractivity (Wildman–Crippen MR) is 68.5 cm³/mol. The van der Waals surface area contributed by atoms with Gasteiger partial charge in [0, 0.05) is 18.2 Å². The number of ether oxygens (including phenoxy) is 1. The summed E-state index contributed by atoms with van der Waals surface area (Å²) >= 11 is 0. The molecule has 0 unspecified atom stereocenters. The number of hydrogen-bond donors (Lipinski definition) is 0. The summed E-state index contributed by atoms with van der Waals surface area (Å²) in [5.74, 6) is -1.33. The van der Waals surface area contributed by atoms with Crippen molar-refractivity contribution in [1.82, 2.24) is 4.90 Å². The molecule has 0 N–H and O–H groups in total. The molecule has 1 rings (SSSR count). The average Bonchev–Trinajstić information content (AvgIpc) is 2.33. The van der Waals surface area contributed by atoms with Gasteiger partial charge in [-0.05, 0) is 39.0 Å². The van der Waals surface area contributed by atoms with E-state index in [4.69, 9.17) is 4.74 Å². The smallest absolute Gasteiger partial charge is 0.320 e. The molecule has 1 aromatic rings. The highest BCUT2D eigenvalue weighted by Gasteiger charge is 2.17. The van der Waals surface area contributed by atoms with E-state index in [0.717, 1.165) is 18.2 Å². The summed E-state index contributed by atoms with van der Waals surface area (Å²) < 4.78 is 31.5. The maximum Gasteiger partial charge on any atom is 0.320 e. The molecule has 0 bridgehead atoms. The van der Waals surface area contributed by atoms with Crippen molar-refractivity contribution in [3.63, 3.8) is 0 Å². The first-order valence-electron chi connectivity index (χ1n) is 6.27. The van der Waals surface area contributed by atoms with Gasteiger partial charge in [-0.1, -0.05) is 0 Å². The average molecular weight is 271 g/mol. The molecular weight excluding hydrogens is 252 g/mol. The van der Waals surface area contributed by atoms with Gasteiger partial charge in [-0.15, -0.1) is 0 Å². The second kappa shape index (κ2) is 7.19. The van der Waals surface area contributed by atoms with E-state index in [1.807, 2.05) is 13.8 Å². The molecule has 0 radical (unpaired) electrons. The van der Waals surface area contributed by atoms with Gasteiger partial charge in [0.05, 0.1) is 13.2 Å². The second-order valence-electron chi connectivity index (χ2n) is 4.54. The summed E-state index contributed by atoms with van der Waals surface area (Å²) in [7, 11) is 0. The van der Waals surface area contributed by atoms with Crippen LogP contribution in [-0.4, -0.2) is 30.1 Å². The van der Waals surface area contributed by atoms with Gasteiger partial charge in [0.15, 0.2) is 0 Å². The first kappa shape index (κ1) is 15.6. The number of halogens is 2. The van der Waals surface area contributed by atoms with Crippen molar-refractivity contribution in [2.24, 2.45) is 0 Å². The van der Waals surface area contributed by atoms with Gasteiger partial charge in [0.25, 0.3) is 0 Å². The van der Waals surface area contributed by atoms with Crippen LogP contribution in [0, 0.1) is 11.6 Å². The number of rotatable bonds is 6. The van der Waals surface area contributed by atoms with Crippen molar-refractivity contribution < 1.29 is 18.3 Å². The number of benzene rings is 1. The van der Waals surface area contributed by atoms with E-state index in [9.17, 15) is 13.6 Å². The minimum absolute atomic E-state index is 0.0204. The highest BCUT2D eigenvalue weighted by atomic mass is 19.1. The van der Waals surface area contributed by atoms with Crippen LogP contribution >= 0.6 is 0 Å². The van der Waals surface area contributed by atoms with Gasteiger partial charge in [-0.25, -0.2) is 8.78 Å². The highest BCUT2D eigenvalue weighted by Crippen LogP contribution is 2.14. The van der Waals surface area contributed by atoms with Gasteiger partial charge in [-0.3, -0.25) is 9.69 Å². The summed E-state index contributed by atoms with van der Waals surface area (Å²) in [5, 5.41) is 0. The topological polar surface area (TPSA) is 29.5 Å². The molecule has 0 aliphatic heterocycles. The van der Waals surface area contributed by atoms with Gasteiger partial charge in [0.2, 0.25) is 0 Å². The molecule has 0 atom stereocenters. The molecule has 0 aliphatic carbocycles. The number of carbonyl (C=O) groups is 1. The van der Waals surface area contributed by atoms with E-state index >= 15 is 0 Å². The summed E-state index contributed by atoms with van der Waals surface area (Å²) in [5.41, 5.74) is 0.234. The number of nitrogens with zero attached hydrogens (tertiary/aromatic N) is 1. The summed E-state index contributed by atoms with van der Waals surface area (Å²) in [6.07, 6.45) is 0. The molecule has 0 heterocycles. The predicted octanol–water partition coefficient (Wildman–Crippen LogP) is 2.74. The fourth-order valence-corrected chi connectivity index (χ4v) is 1.68. The van der Waals surface area contributed by atoms with Crippen LogP contribution < -0.4 is 0 Å². The fraction of sp³-hybridized carbons (Fsp3) is 0.500. The molecule has 0 aromatic heterocycles. The molecule has 0 fully saturated rings. The Balaban J connectivity index is 2.78. The third-order valence-electron chi connectivity index (χ3n) is 2.75. The van der Waals surface area contributed by atoms with Crippen LogP contribution in [0.2, 0.25) is 0 Å². The second-order valence-corrected chi connectivity index (χ2v) is 4.54. The van der Waals surface area contributed by atoms with Gasteiger partial charge < -0.3 is 4.74 Å². The van der Waals surface area contributed by atoms with Crippen LogP contribution in [0.1, 0.15) is 26.3 Å². The van der Waals surface area contributed by atoms with E-state index in [-0.39, 0.29) is 30.7 Å². The van der Waals surface area contributed by atoms with Crippen LogP contribution in [0.5, 0.6) is 0 Å². The summed E-state index contributed by atoms with van der Waals surface area (Å²) in [6.45, 7) is 6.03. The Hall–Kier alpha value is -1.49. The Morgan fingerprint density at radius 1 is 1.37 bits per heavy atom. The Morgan fingerprint density at radius 3 is 2.63 bits per heavy atom. The minimum Gasteiger partial charge on any atom is -0.465 e. The Labute approximate surface area is 112 Å². The molecule has 19 heavy (non-hydrogen) atoms. The van der Waals surface area contributed by atoms with Crippen molar-refractivity contribution in [3.05, 3.63) is 35.4 Å². The zero-order chi connectivity index (χ0) is 14.4. The molecule has 0 aliphatic rings. The first-order chi connectivity index (χ1) is 8.93. The van der Waals surface area contributed by atoms with E-state index in [0.29, 0.717) is 6.61 Å². The van der Waals surface area contributed by atoms with Crippen molar-refractivity contribution >= 4 is 5.97 Å². The zero-order valence-electron chi connectivity index (χ0n) is 11.5. The zero-order valence-corrected chi connectivity index (χ0v) is 11.5. The Bertz CT molecular complexity index is 435. The molecule has 1 aromatic carbocycles. The normalized spacial score (nSPS) is 11.1. The first-order valence-corrected chi connectivity index (χ1v) is 6.27. The van der Waals surface area contributed by atoms with Crippen molar-refractivity contribution in [2.75, 3.05) is 13.2 Å². The lowest BCUT2D eigenvalue weighted by atomic mass is 10.1. The third-order valence-corrected chi connectivity index (χ3v) is 2.75. The van der Waals surface area contributed by atoms with Crippen LogP contribution in [-0.2, 0) is 16.1 Å². The largest absolute Gasteiger partial charge is 0.465 e. The SMILES string of the molecule is CCOC(=O)CN(Cc1cc(F)ccc1F)C(C)C. The molecule has 3 nitrogen and oxygen atoms in total. The lowest BCUT2D eigenvalue weighted by Gasteiger charge is -2.25. The number of carbonyl (C=O) groups excluding carboxylic acids is 1. The third kappa shape index (κ3) is 4.95. The van der Waals surface area contributed by atoms with Crippen LogP contribution in [0.15, 0.2) is 18.2 Å². The molecule has 0 saturated heterocycles. The standard InChI is InChI=1S/C14H19F2NO2/c1-4-19-14(18)9-17(10(2)3)8-11-7-12(15)5-6-13(11)16/h5-7,10H,4,8-9H2,1-3H3. The molecule has 5 heteroatoms. The Morgan fingerprint density at radius 2 is 2.05 bits per heavy atom. The monoisotopic (exact) mass is 271 g/mol. The lowest BCUT2D eigenvalue weighted by Crippen LogP contribution is -2.36. The Kier molecular flexibility index (Phi) is 5.89. The highest BCUT2D eigenvalue weighted by molar-refractivity contribution is 5.71. The van der Waals surface area contributed by atoms with Crippen molar-refractivity contribution in [2.45, 2.75) is 33.4 Å². The van der Waals surface area contributed by atoms with Crippen molar-refractivity contribution in [3.8, 4) is 0 Å². The summed E-state index contributed by atoms with van der Waals surface area (Å²) in [6, 6.07) is 3.33. The quantitative estimate of drug-likeness (QED) is 0.745. The molecular formula is C14H19F2NO2. The van der Waals surface area contributed by atoms with Gasteiger partial charge in [0.1, 0.15) is 11.6 Å². The maximum absolute atomic E-state index is 13.6.